The van der Waals surface area contributed by atoms with Crippen molar-refractivity contribution in [2.24, 2.45) is 0 Å². The molecule has 1 aliphatic rings. The number of hydrogen-bond donors (Lipinski definition) is 0. The lowest BCUT2D eigenvalue weighted by Crippen LogP contribution is -2.37. The number of rotatable bonds is 4. The smallest absolute Gasteiger partial charge is 0.243 e. The van der Waals surface area contributed by atoms with Crippen LogP contribution in [0.4, 0.5) is 0 Å². The van der Waals surface area contributed by atoms with Gasteiger partial charge in [0, 0.05) is 13.1 Å². The van der Waals surface area contributed by atoms with Gasteiger partial charge in [-0.1, -0.05) is 48.5 Å². The molecule has 0 bridgehead atoms. The number of benzene rings is 3. The minimum atomic E-state index is -3.47. The number of sulfonamides is 1. The van der Waals surface area contributed by atoms with Crippen LogP contribution in [0.5, 0.6) is 5.75 Å². The van der Waals surface area contributed by atoms with Crippen LogP contribution in [-0.2, 0) is 10.0 Å². The highest BCUT2D eigenvalue weighted by molar-refractivity contribution is 7.89. The van der Waals surface area contributed by atoms with Gasteiger partial charge in [0.25, 0.3) is 0 Å². The lowest BCUT2D eigenvalue weighted by molar-refractivity contribution is 0.313. The first kappa shape index (κ1) is 18.0. The normalized spacial score (nSPS) is 16.5. The third-order valence-corrected chi connectivity index (χ3v) is 7.29. The van der Waals surface area contributed by atoms with Crippen LogP contribution in [0.25, 0.3) is 10.8 Å². The predicted octanol–water partition coefficient (Wildman–Crippen LogP) is 4.42. The number of piperidine rings is 1. The fourth-order valence-corrected chi connectivity index (χ4v) is 5.39. The topological polar surface area (TPSA) is 46.6 Å². The molecule has 0 atom stereocenters. The first-order valence-corrected chi connectivity index (χ1v) is 10.7. The Hall–Kier alpha value is -2.37. The van der Waals surface area contributed by atoms with E-state index in [2.05, 4.69) is 6.07 Å². The molecule has 140 valence electrons. The van der Waals surface area contributed by atoms with E-state index in [4.69, 9.17) is 4.74 Å². The number of ether oxygens (including phenoxy) is 1. The van der Waals surface area contributed by atoms with Crippen LogP contribution >= 0.6 is 0 Å². The van der Waals surface area contributed by atoms with Crippen LogP contribution in [0.1, 0.15) is 24.3 Å². The standard InChI is InChI=1S/C22H23NO3S/c1-26-22-9-5-4-8-21(22)18-12-14-23(15-13-18)27(24,25)20-11-10-17-6-2-3-7-19(17)16-20/h2-11,16,18H,12-15H2,1H3. The lowest BCUT2D eigenvalue weighted by Gasteiger charge is -2.32. The molecule has 0 spiro atoms. The van der Waals surface area contributed by atoms with Gasteiger partial charge in [0.05, 0.1) is 12.0 Å². The second-order valence-electron chi connectivity index (χ2n) is 6.93. The molecule has 0 aromatic heterocycles. The number of methoxy groups -OCH3 is 1. The van der Waals surface area contributed by atoms with Crippen molar-refractivity contribution >= 4 is 20.8 Å². The molecule has 4 nitrogen and oxygen atoms in total. The van der Waals surface area contributed by atoms with Gasteiger partial charge in [-0.25, -0.2) is 8.42 Å². The van der Waals surface area contributed by atoms with Gasteiger partial charge < -0.3 is 4.74 Å². The van der Waals surface area contributed by atoms with E-state index in [1.54, 1.807) is 23.5 Å². The molecular formula is C22H23NO3S. The minimum Gasteiger partial charge on any atom is -0.496 e. The molecule has 27 heavy (non-hydrogen) atoms. The molecule has 0 radical (unpaired) electrons. The fraction of sp³-hybridized carbons (Fsp3) is 0.273. The van der Waals surface area contributed by atoms with Crippen molar-refractivity contribution in [3.63, 3.8) is 0 Å². The molecule has 0 saturated carbocycles. The average Bonchev–Trinajstić information content (AvgIpc) is 2.73. The molecule has 1 aliphatic heterocycles. The Balaban J connectivity index is 1.54. The van der Waals surface area contributed by atoms with E-state index in [-0.39, 0.29) is 0 Å². The molecule has 0 amide bonds. The van der Waals surface area contributed by atoms with Crippen LogP contribution in [0.3, 0.4) is 0 Å². The highest BCUT2D eigenvalue weighted by Gasteiger charge is 2.30. The van der Waals surface area contributed by atoms with Crippen LogP contribution in [0.2, 0.25) is 0 Å². The maximum atomic E-state index is 13.1. The van der Waals surface area contributed by atoms with Crippen LogP contribution in [0.15, 0.2) is 71.6 Å². The zero-order valence-corrected chi connectivity index (χ0v) is 16.2. The first-order chi connectivity index (χ1) is 13.1. The number of nitrogens with zero attached hydrogens (tertiary/aromatic N) is 1. The maximum Gasteiger partial charge on any atom is 0.243 e. The molecule has 1 saturated heterocycles. The van der Waals surface area contributed by atoms with Gasteiger partial charge in [-0.15, -0.1) is 0 Å². The zero-order valence-electron chi connectivity index (χ0n) is 15.3. The molecule has 0 N–H and O–H groups in total. The van der Waals surface area contributed by atoms with Gasteiger partial charge in [0.2, 0.25) is 10.0 Å². The monoisotopic (exact) mass is 381 g/mol. The van der Waals surface area contributed by atoms with E-state index < -0.39 is 10.0 Å². The van der Waals surface area contributed by atoms with Gasteiger partial charge in [-0.2, -0.15) is 4.31 Å². The van der Waals surface area contributed by atoms with Crippen molar-refractivity contribution in [3.8, 4) is 5.75 Å². The van der Waals surface area contributed by atoms with E-state index in [9.17, 15) is 8.42 Å². The van der Waals surface area contributed by atoms with Crippen molar-refractivity contribution in [1.29, 1.82) is 0 Å². The Kier molecular flexibility index (Phi) is 4.89. The summed E-state index contributed by atoms with van der Waals surface area (Å²) in [5, 5.41) is 1.99. The molecular weight excluding hydrogens is 358 g/mol. The Morgan fingerprint density at radius 3 is 2.30 bits per heavy atom. The summed E-state index contributed by atoms with van der Waals surface area (Å²) in [5.41, 5.74) is 1.17. The van der Waals surface area contributed by atoms with Gasteiger partial charge in [0.1, 0.15) is 5.75 Å². The summed E-state index contributed by atoms with van der Waals surface area (Å²) in [6.07, 6.45) is 1.60. The Bertz CT molecular complexity index is 1050. The third-order valence-electron chi connectivity index (χ3n) is 5.39. The average molecular weight is 381 g/mol. The summed E-state index contributed by atoms with van der Waals surface area (Å²) < 4.78 is 33.3. The zero-order chi connectivity index (χ0) is 18.9. The molecule has 5 heteroatoms. The maximum absolute atomic E-state index is 13.1. The van der Waals surface area contributed by atoms with Crippen LogP contribution in [-0.4, -0.2) is 32.9 Å². The van der Waals surface area contributed by atoms with Gasteiger partial charge >= 0.3 is 0 Å². The third kappa shape index (κ3) is 3.45. The highest BCUT2D eigenvalue weighted by Crippen LogP contribution is 2.35. The molecule has 0 unspecified atom stereocenters. The Morgan fingerprint density at radius 1 is 0.889 bits per heavy atom. The fourth-order valence-electron chi connectivity index (χ4n) is 3.89. The predicted molar refractivity (Wildman–Crippen MR) is 108 cm³/mol. The van der Waals surface area contributed by atoms with E-state index in [0.717, 1.165) is 29.4 Å². The molecule has 4 rings (SSSR count). The van der Waals surface area contributed by atoms with Crippen molar-refractivity contribution in [2.75, 3.05) is 20.2 Å². The van der Waals surface area contributed by atoms with Gasteiger partial charge in [0.15, 0.2) is 0 Å². The summed E-state index contributed by atoms with van der Waals surface area (Å²) in [4.78, 5) is 0.372. The number of fused-ring (bicyclic) bond motifs is 1. The van der Waals surface area contributed by atoms with E-state index in [0.29, 0.717) is 23.9 Å². The van der Waals surface area contributed by atoms with Crippen molar-refractivity contribution in [2.45, 2.75) is 23.7 Å². The van der Waals surface area contributed by atoms with Gasteiger partial charge in [-0.3, -0.25) is 0 Å². The highest BCUT2D eigenvalue weighted by atomic mass is 32.2. The van der Waals surface area contributed by atoms with E-state index in [1.165, 1.54) is 5.56 Å². The molecule has 3 aromatic carbocycles. The molecule has 1 heterocycles. The first-order valence-electron chi connectivity index (χ1n) is 9.21. The largest absolute Gasteiger partial charge is 0.496 e. The molecule has 1 fully saturated rings. The quantitative estimate of drug-likeness (QED) is 0.672. The Labute approximate surface area is 160 Å². The van der Waals surface area contributed by atoms with Gasteiger partial charge in [-0.05, 0) is 53.3 Å². The second kappa shape index (κ2) is 7.33. The van der Waals surface area contributed by atoms with E-state index in [1.807, 2.05) is 48.5 Å². The number of para-hydroxylation sites is 1. The summed E-state index contributed by atoms with van der Waals surface area (Å²) in [7, 11) is -1.79. The van der Waals surface area contributed by atoms with Crippen molar-refractivity contribution in [3.05, 3.63) is 72.3 Å². The van der Waals surface area contributed by atoms with Crippen LogP contribution in [0, 0.1) is 0 Å². The lowest BCUT2D eigenvalue weighted by atomic mass is 9.89. The Morgan fingerprint density at radius 2 is 1.56 bits per heavy atom. The van der Waals surface area contributed by atoms with Crippen LogP contribution < -0.4 is 4.74 Å². The summed E-state index contributed by atoms with van der Waals surface area (Å²) in [6.45, 7) is 1.05. The van der Waals surface area contributed by atoms with E-state index >= 15 is 0 Å². The molecule has 0 aliphatic carbocycles. The summed E-state index contributed by atoms with van der Waals surface area (Å²) in [5.74, 6) is 1.21. The van der Waals surface area contributed by atoms with Crippen molar-refractivity contribution < 1.29 is 13.2 Å². The summed E-state index contributed by atoms with van der Waals surface area (Å²) in [6, 6.07) is 21.2. The molecule has 3 aromatic rings. The SMILES string of the molecule is COc1ccccc1C1CCN(S(=O)(=O)c2ccc3ccccc3c2)CC1. The number of hydrogen-bond acceptors (Lipinski definition) is 3. The van der Waals surface area contributed by atoms with Crippen molar-refractivity contribution in [1.82, 2.24) is 4.31 Å². The second-order valence-corrected chi connectivity index (χ2v) is 8.87. The summed E-state index contributed by atoms with van der Waals surface area (Å²) >= 11 is 0. The minimum absolute atomic E-state index is 0.323.